The van der Waals surface area contributed by atoms with E-state index in [9.17, 15) is 5.11 Å². The van der Waals surface area contributed by atoms with Gasteiger partial charge in [0.15, 0.2) is 0 Å². The lowest BCUT2D eigenvalue weighted by atomic mass is 9.93. The Morgan fingerprint density at radius 3 is 2.60 bits per heavy atom. The second-order valence-corrected chi connectivity index (χ2v) is 6.86. The number of hydrogen-bond acceptors (Lipinski definition) is 3. The maximum absolute atomic E-state index is 10.7. The molecule has 3 rings (SSSR count). The zero-order valence-electron chi connectivity index (χ0n) is 12.0. The zero-order chi connectivity index (χ0) is 13.9. The molecule has 1 aromatic carbocycles. The summed E-state index contributed by atoms with van der Waals surface area (Å²) < 4.78 is 6.47. The molecule has 1 atom stereocenters. The molecule has 1 aliphatic rings. The minimum atomic E-state index is -0.295. The van der Waals surface area contributed by atoms with Gasteiger partial charge in [0, 0.05) is 9.58 Å². The number of ether oxygens (including phenoxy) is 1. The van der Waals surface area contributed by atoms with Crippen molar-refractivity contribution in [2.24, 2.45) is 5.92 Å². The van der Waals surface area contributed by atoms with Crippen molar-refractivity contribution >= 4 is 21.4 Å². The van der Waals surface area contributed by atoms with Crippen molar-refractivity contribution in [3.05, 3.63) is 29.1 Å². The molecule has 1 aromatic heterocycles. The Balaban J connectivity index is 1.84. The van der Waals surface area contributed by atoms with Crippen LogP contribution in [0.15, 0.2) is 24.3 Å². The first kappa shape index (κ1) is 13.9. The molecule has 1 unspecified atom stereocenters. The van der Waals surface area contributed by atoms with E-state index < -0.39 is 0 Å². The molecule has 0 amide bonds. The van der Waals surface area contributed by atoms with Gasteiger partial charge >= 0.3 is 0 Å². The highest BCUT2D eigenvalue weighted by Gasteiger charge is 2.23. The van der Waals surface area contributed by atoms with Crippen LogP contribution in [0.3, 0.4) is 0 Å². The summed E-state index contributed by atoms with van der Waals surface area (Å²) in [4.78, 5) is 1.11. The van der Waals surface area contributed by atoms with Crippen LogP contribution in [0.25, 0.3) is 10.1 Å². The normalized spacial score (nSPS) is 18.9. The van der Waals surface area contributed by atoms with Crippen molar-refractivity contribution in [1.82, 2.24) is 0 Å². The molecule has 1 saturated carbocycles. The van der Waals surface area contributed by atoms with E-state index in [0.717, 1.165) is 10.6 Å². The van der Waals surface area contributed by atoms with E-state index in [1.807, 2.05) is 6.07 Å². The number of hydrogen-bond donors (Lipinski definition) is 1. The molecule has 0 radical (unpaired) electrons. The van der Waals surface area contributed by atoms with Gasteiger partial charge in [-0.3, -0.25) is 0 Å². The maximum atomic E-state index is 10.7. The predicted molar refractivity (Wildman–Crippen MR) is 84.5 cm³/mol. The molecule has 1 heterocycles. The minimum Gasteiger partial charge on any atom is -0.497 e. The van der Waals surface area contributed by atoms with Gasteiger partial charge in [-0.15, -0.1) is 11.3 Å². The third kappa shape index (κ3) is 2.84. The van der Waals surface area contributed by atoms with Gasteiger partial charge in [0.2, 0.25) is 0 Å². The van der Waals surface area contributed by atoms with Crippen LogP contribution in [0.4, 0.5) is 0 Å². The SMILES string of the molecule is COc1ccc2cc(C(O)C3CCCCCC3)sc2c1. The molecule has 3 heteroatoms. The number of aliphatic hydroxyl groups is 1. The van der Waals surface area contributed by atoms with Crippen molar-refractivity contribution in [3.8, 4) is 5.75 Å². The van der Waals surface area contributed by atoms with Crippen LogP contribution in [-0.2, 0) is 0 Å². The van der Waals surface area contributed by atoms with Crippen LogP contribution in [0.2, 0.25) is 0 Å². The van der Waals surface area contributed by atoms with Crippen LogP contribution >= 0.6 is 11.3 Å². The Labute approximate surface area is 124 Å². The van der Waals surface area contributed by atoms with E-state index in [0.29, 0.717) is 5.92 Å². The number of aliphatic hydroxyl groups excluding tert-OH is 1. The molecule has 2 aromatic rings. The predicted octanol–water partition coefficient (Wildman–Crippen LogP) is 4.91. The fourth-order valence-electron chi connectivity index (χ4n) is 3.16. The average molecular weight is 290 g/mol. The maximum Gasteiger partial charge on any atom is 0.120 e. The lowest BCUT2D eigenvalue weighted by Gasteiger charge is -2.19. The topological polar surface area (TPSA) is 29.5 Å². The van der Waals surface area contributed by atoms with Gasteiger partial charge in [0.05, 0.1) is 13.2 Å². The highest BCUT2D eigenvalue weighted by atomic mass is 32.1. The summed E-state index contributed by atoms with van der Waals surface area (Å²) in [5, 5.41) is 11.9. The Morgan fingerprint density at radius 2 is 1.90 bits per heavy atom. The first-order valence-corrected chi connectivity index (χ1v) is 8.35. The van der Waals surface area contributed by atoms with E-state index in [2.05, 4.69) is 18.2 Å². The Hall–Kier alpha value is -1.06. The Morgan fingerprint density at radius 1 is 1.15 bits per heavy atom. The smallest absolute Gasteiger partial charge is 0.120 e. The molecule has 1 fully saturated rings. The lowest BCUT2D eigenvalue weighted by molar-refractivity contribution is 0.102. The summed E-state index contributed by atoms with van der Waals surface area (Å²) in [5.74, 6) is 1.32. The zero-order valence-corrected chi connectivity index (χ0v) is 12.8. The highest BCUT2D eigenvalue weighted by molar-refractivity contribution is 7.19. The molecule has 108 valence electrons. The van der Waals surface area contributed by atoms with E-state index in [1.165, 1.54) is 48.6 Å². The van der Waals surface area contributed by atoms with E-state index in [4.69, 9.17) is 4.74 Å². The van der Waals surface area contributed by atoms with Crippen molar-refractivity contribution in [3.63, 3.8) is 0 Å². The van der Waals surface area contributed by atoms with Crippen molar-refractivity contribution in [2.75, 3.05) is 7.11 Å². The van der Waals surface area contributed by atoms with Crippen LogP contribution < -0.4 is 4.74 Å². The quantitative estimate of drug-likeness (QED) is 0.814. The lowest BCUT2D eigenvalue weighted by Crippen LogP contribution is -2.10. The van der Waals surface area contributed by atoms with Crippen LogP contribution in [0, 0.1) is 5.92 Å². The highest BCUT2D eigenvalue weighted by Crippen LogP contribution is 2.39. The fraction of sp³-hybridized carbons (Fsp3) is 0.529. The summed E-state index contributed by atoms with van der Waals surface area (Å²) in [6.07, 6.45) is 7.22. The summed E-state index contributed by atoms with van der Waals surface area (Å²) in [5.41, 5.74) is 0. The van der Waals surface area contributed by atoms with Crippen LogP contribution in [-0.4, -0.2) is 12.2 Å². The van der Waals surface area contributed by atoms with Gasteiger partial charge in [-0.05, 0) is 48.4 Å². The van der Waals surface area contributed by atoms with E-state index >= 15 is 0 Å². The van der Waals surface area contributed by atoms with E-state index in [1.54, 1.807) is 18.4 Å². The molecule has 1 N–H and O–H groups in total. The molecule has 0 spiro atoms. The number of thiophene rings is 1. The standard InChI is InChI=1S/C17H22O2S/c1-19-14-9-8-13-10-16(20-15(13)11-14)17(18)12-6-4-2-3-5-7-12/h8-12,17-18H,2-7H2,1H3. The Bertz CT molecular complexity index is 567. The molecule has 0 saturated heterocycles. The molecule has 2 nitrogen and oxygen atoms in total. The molecule has 20 heavy (non-hydrogen) atoms. The van der Waals surface area contributed by atoms with Crippen LogP contribution in [0.1, 0.15) is 49.5 Å². The molecule has 1 aliphatic carbocycles. The van der Waals surface area contributed by atoms with Gasteiger partial charge in [-0.2, -0.15) is 0 Å². The molecule has 0 bridgehead atoms. The van der Waals surface area contributed by atoms with Gasteiger partial charge in [0.1, 0.15) is 5.75 Å². The first-order chi connectivity index (χ1) is 9.78. The second-order valence-electron chi connectivity index (χ2n) is 5.75. The largest absolute Gasteiger partial charge is 0.497 e. The van der Waals surface area contributed by atoms with Gasteiger partial charge < -0.3 is 9.84 Å². The number of benzene rings is 1. The monoisotopic (exact) mass is 290 g/mol. The van der Waals surface area contributed by atoms with Crippen molar-refractivity contribution < 1.29 is 9.84 Å². The fourth-order valence-corrected chi connectivity index (χ4v) is 4.34. The second kappa shape index (κ2) is 6.15. The summed E-state index contributed by atoms with van der Waals surface area (Å²) >= 11 is 1.71. The number of rotatable bonds is 3. The summed E-state index contributed by atoms with van der Waals surface area (Å²) in [6, 6.07) is 8.27. The summed E-state index contributed by atoms with van der Waals surface area (Å²) in [6.45, 7) is 0. The third-order valence-electron chi connectivity index (χ3n) is 4.38. The molecular formula is C17H22O2S. The Kier molecular flexibility index (Phi) is 4.27. The first-order valence-electron chi connectivity index (χ1n) is 7.53. The molecule has 0 aliphatic heterocycles. The summed E-state index contributed by atoms with van der Waals surface area (Å²) in [7, 11) is 1.69. The molecular weight excluding hydrogens is 268 g/mol. The minimum absolute atomic E-state index is 0.295. The van der Waals surface area contributed by atoms with Crippen LogP contribution in [0.5, 0.6) is 5.75 Å². The van der Waals surface area contributed by atoms with Crippen molar-refractivity contribution in [2.45, 2.75) is 44.6 Å². The third-order valence-corrected chi connectivity index (χ3v) is 5.55. The number of fused-ring (bicyclic) bond motifs is 1. The van der Waals surface area contributed by atoms with E-state index in [-0.39, 0.29) is 6.10 Å². The van der Waals surface area contributed by atoms with Gasteiger partial charge in [0.25, 0.3) is 0 Å². The average Bonchev–Trinajstić information content (AvgIpc) is 2.71. The van der Waals surface area contributed by atoms with Crippen molar-refractivity contribution in [1.29, 1.82) is 0 Å². The van der Waals surface area contributed by atoms with Gasteiger partial charge in [-0.1, -0.05) is 25.7 Å². The van der Waals surface area contributed by atoms with Gasteiger partial charge in [-0.25, -0.2) is 0 Å². The number of methoxy groups -OCH3 is 1.